The minimum atomic E-state index is -0.0995. The third kappa shape index (κ3) is 3.80. The van der Waals surface area contributed by atoms with Crippen LogP contribution < -0.4 is 19.9 Å². The number of aromatic nitrogens is 2. The Morgan fingerprint density at radius 1 is 1.15 bits per heavy atom. The van der Waals surface area contributed by atoms with Crippen molar-refractivity contribution in [3.8, 4) is 11.5 Å². The van der Waals surface area contributed by atoms with E-state index in [-0.39, 0.29) is 11.6 Å². The molecule has 2 atom stereocenters. The second kappa shape index (κ2) is 7.80. The van der Waals surface area contributed by atoms with Gasteiger partial charge in [-0.1, -0.05) is 12.1 Å². The van der Waals surface area contributed by atoms with Crippen LogP contribution in [0, 0.1) is 6.92 Å². The highest BCUT2D eigenvalue weighted by atomic mass is 16.5. The van der Waals surface area contributed by atoms with Crippen molar-refractivity contribution in [1.29, 1.82) is 0 Å². The van der Waals surface area contributed by atoms with Gasteiger partial charge in [0.25, 0.3) is 5.56 Å². The van der Waals surface area contributed by atoms with Crippen LogP contribution in [-0.4, -0.2) is 31.2 Å². The van der Waals surface area contributed by atoms with Crippen molar-refractivity contribution in [2.45, 2.75) is 26.4 Å². The second-order valence-corrected chi connectivity index (χ2v) is 6.85. The Morgan fingerprint density at radius 2 is 1.81 bits per heavy atom. The van der Waals surface area contributed by atoms with E-state index in [1.54, 1.807) is 20.3 Å². The molecule has 0 aliphatic rings. The van der Waals surface area contributed by atoms with Crippen molar-refractivity contribution in [2.75, 3.05) is 21.3 Å². The number of para-hydroxylation sites is 1. The molecule has 1 unspecified atom stereocenters. The maximum Gasteiger partial charge on any atom is 0.258 e. The predicted molar refractivity (Wildman–Crippen MR) is 106 cm³/mol. The summed E-state index contributed by atoms with van der Waals surface area (Å²) in [5, 5.41) is 0.613. The van der Waals surface area contributed by atoms with Gasteiger partial charge in [0.1, 0.15) is 12.6 Å². The summed E-state index contributed by atoms with van der Waals surface area (Å²) in [5.41, 5.74) is 2.93. The first-order valence-corrected chi connectivity index (χ1v) is 8.97. The summed E-state index contributed by atoms with van der Waals surface area (Å²) in [6.07, 6.45) is 0. The lowest BCUT2D eigenvalue weighted by Crippen LogP contribution is -3.07. The van der Waals surface area contributed by atoms with Gasteiger partial charge < -0.3 is 19.4 Å². The van der Waals surface area contributed by atoms with Gasteiger partial charge in [-0.25, -0.2) is 4.98 Å². The maximum atomic E-state index is 12.4. The second-order valence-electron chi connectivity index (χ2n) is 6.85. The van der Waals surface area contributed by atoms with Crippen LogP contribution in [-0.2, 0) is 6.54 Å². The highest BCUT2D eigenvalue weighted by Gasteiger charge is 2.21. The molecule has 1 aromatic heterocycles. The molecule has 1 heterocycles. The average Bonchev–Trinajstić information content (AvgIpc) is 2.68. The van der Waals surface area contributed by atoms with Crippen LogP contribution in [0.4, 0.5) is 0 Å². The van der Waals surface area contributed by atoms with E-state index in [4.69, 9.17) is 9.47 Å². The standard InChI is InChI=1S/C21H25N3O3/c1-13-10-18(26-4)19(27-5)11-15(13)12-24(3)14(2)20-22-17-9-7-6-8-16(17)21(25)23-20/h6-11,14H,12H2,1-5H3,(H,22,23,25)/p+1/t14-/m1/s1. The monoisotopic (exact) mass is 368 g/mol. The van der Waals surface area contributed by atoms with Gasteiger partial charge in [-0.05, 0) is 43.7 Å². The lowest BCUT2D eigenvalue weighted by Gasteiger charge is -2.22. The first-order chi connectivity index (χ1) is 12.9. The Kier molecular flexibility index (Phi) is 5.46. The van der Waals surface area contributed by atoms with Crippen molar-refractivity contribution in [3.05, 3.63) is 63.7 Å². The van der Waals surface area contributed by atoms with Crippen LogP contribution in [0.5, 0.6) is 11.5 Å². The van der Waals surface area contributed by atoms with E-state index in [1.165, 1.54) is 10.5 Å². The fourth-order valence-corrected chi connectivity index (χ4v) is 3.21. The van der Waals surface area contributed by atoms with Gasteiger partial charge >= 0.3 is 0 Å². The molecule has 2 N–H and O–H groups in total. The summed E-state index contributed by atoms with van der Waals surface area (Å²) in [6.45, 7) is 4.90. The van der Waals surface area contributed by atoms with Gasteiger partial charge in [0.15, 0.2) is 17.3 Å². The molecule has 0 bridgehead atoms. The number of nitrogens with zero attached hydrogens (tertiary/aromatic N) is 1. The number of hydrogen-bond acceptors (Lipinski definition) is 4. The Bertz CT molecular complexity index is 1010. The van der Waals surface area contributed by atoms with Crippen LogP contribution in [0.3, 0.4) is 0 Å². The number of methoxy groups -OCH3 is 2. The van der Waals surface area contributed by atoms with E-state index in [2.05, 4.69) is 30.9 Å². The first kappa shape index (κ1) is 18.9. The molecular formula is C21H26N3O3+. The lowest BCUT2D eigenvalue weighted by molar-refractivity contribution is -0.924. The van der Waals surface area contributed by atoms with Crippen molar-refractivity contribution in [2.24, 2.45) is 0 Å². The fraction of sp³-hybridized carbons (Fsp3) is 0.333. The smallest absolute Gasteiger partial charge is 0.258 e. The molecule has 2 aromatic carbocycles. The maximum absolute atomic E-state index is 12.4. The summed E-state index contributed by atoms with van der Waals surface area (Å²) in [7, 11) is 5.37. The summed E-state index contributed by atoms with van der Waals surface area (Å²) >= 11 is 0. The number of benzene rings is 2. The topological polar surface area (TPSA) is 68.7 Å². The van der Waals surface area contributed by atoms with Crippen LogP contribution in [0.15, 0.2) is 41.2 Å². The van der Waals surface area contributed by atoms with E-state index in [0.29, 0.717) is 11.2 Å². The number of aryl methyl sites for hydroxylation is 1. The third-order valence-electron chi connectivity index (χ3n) is 5.09. The summed E-state index contributed by atoms with van der Waals surface area (Å²) in [6, 6.07) is 11.4. The molecule has 0 radical (unpaired) electrons. The number of rotatable bonds is 6. The zero-order chi connectivity index (χ0) is 19.6. The number of quaternary nitrogens is 1. The van der Waals surface area contributed by atoms with E-state index >= 15 is 0 Å². The zero-order valence-electron chi connectivity index (χ0n) is 16.4. The molecule has 6 nitrogen and oxygen atoms in total. The van der Waals surface area contributed by atoms with Crippen LogP contribution in [0.1, 0.15) is 29.9 Å². The molecule has 142 valence electrons. The van der Waals surface area contributed by atoms with E-state index in [1.807, 2.05) is 30.3 Å². The number of ether oxygens (including phenoxy) is 2. The molecule has 27 heavy (non-hydrogen) atoms. The van der Waals surface area contributed by atoms with E-state index in [9.17, 15) is 4.79 Å². The molecular weight excluding hydrogens is 342 g/mol. The largest absolute Gasteiger partial charge is 0.493 e. The Balaban J connectivity index is 1.88. The van der Waals surface area contributed by atoms with Crippen molar-refractivity contribution >= 4 is 10.9 Å². The molecule has 0 saturated carbocycles. The lowest BCUT2D eigenvalue weighted by atomic mass is 10.1. The summed E-state index contributed by atoms with van der Waals surface area (Å²) < 4.78 is 10.8. The predicted octanol–water partition coefficient (Wildman–Crippen LogP) is 2.02. The number of nitrogens with one attached hydrogen (secondary N) is 2. The van der Waals surface area contributed by atoms with Gasteiger partial charge in [-0.3, -0.25) is 4.79 Å². The number of fused-ring (bicyclic) bond motifs is 1. The minimum Gasteiger partial charge on any atom is -0.493 e. The highest BCUT2D eigenvalue weighted by molar-refractivity contribution is 5.77. The van der Waals surface area contributed by atoms with Gasteiger partial charge in [0.05, 0.1) is 32.2 Å². The quantitative estimate of drug-likeness (QED) is 0.699. The van der Waals surface area contributed by atoms with Gasteiger partial charge in [-0.2, -0.15) is 0 Å². The van der Waals surface area contributed by atoms with Gasteiger partial charge in [0, 0.05) is 5.56 Å². The normalized spacial score (nSPS) is 13.4. The van der Waals surface area contributed by atoms with Crippen LogP contribution in [0.25, 0.3) is 10.9 Å². The Morgan fingerprint density at radius 3 is 2.52 bits per heavy atom. The summed E-state index contributed by atoms with van der Waals surface area (Å²) in [4.78, 5) is 21.2. The van der Waals surface area contributed by atoms with Gasteiger partial charge in [0.2, 0.25) is 0 Å². The number of H-pyrrole nitrogens is 1. The molecule has 0 spiro atoms. The van der Waals surface area contributed by atoms with Crippen molar-refractivity contribution in [3.63, 3.8) is 0 Å². The minimum absolute atomic E-state index is 0.0230. The number of aromatic amines is 1. The Labute approximate surface area is 158 Å². The van der Waals surface area contributed by atoms with Crippen molar-refractivity contribution < 1.29 is 14.4 Å². The molecule has 0 aliphatic carbocycles. The Hall–Kier alpha value is -2.86. The number of hydrogen-bond donors (Lipinski definition) is 2. The highest BCUT2D eigenvalue weighted by Crippen LogP contribution is 2.30. The van der Waals surface area contributed by atoms with E-state index < -0.39 is 0 Å². The summed E-state index contributed by atoms with van der Waals surface area (Å²) in [5.74, 6) is 2.13. The molecule has 6 heteroatoms. The van der Waals surface area contributed by atoms with E-state index in [0.717, 1.165) is 29.1 Å². The van der Waals surface area contributed by atoms with Crippen LogP contribution in [0.2, 0.25) is 0 Å². The van der Waals surface area contributed by atoms with Crippen LogP contribution >= 0.6 is 0 Å². The first-order valence-electron chi connectivity index (χ1n) is 8.97. The SMILES string of the molecule is COc1cc(C)c(C[NH+](C)[C@H](C)c2nc3ccccc3c(=O)[nH]2)cc1OC. The molecule has 3 rings (SSSR count). The van der Waals surface area contributed by atoms with Gasteiger partial charge in [-0.15, -0.1) is 0 Å². The average molecular weight is 368 g/mol. The molecule has 0 aliphatic heterocycles. The molecule has 0 fully saturated rings. The molecule has 3 aromatic rings. The third-order valence-corrected chi connectivity index (χ3v) is 5.09. The molecule has 0 saturated heterocycles. The molecule has 0 amide bonds. The fourth-order valence-electron chi connectivity index (χ4n) is 3.21. The van der Waals surface area contributed by atoms with Crippen molar-refractivity contribution in [1.82, 2.24) is 9.97 Å². The zero-order valence-corrected chi connectivity index (χ0v) is 16.4.